The van der Waals surface area contributed by atoms with Crippen LogP contribution in [0, 0.1) is 11.6 Å². The molecule has 2 N–H and O–H groups in total. The number of hydrogen-bond donors (Lipinski definition) is 1. The molecule has 3 aromatic rings. The van der Waals surface area contributed by atoms with Crippen LogP contribution in [0.4, 0.5) is 14.7 Å². The molecule has 0 saturated carbocycles. The van der Waals surface area contributed by atoms with Gasteiger partial charge < -0.3 is 5.73 Å². The molecule has 0 aliphatic heterocycles. The van der Waals surface area contributed by atoms with E-state index in [1.807, 2.05) is 0 Å². The summed E-state index contributed by atoms with van der Waals surface area (Å²) in [6.45, 7) is 0. The Morgan fingerprint density at radius 2 is 1.57 bits per heavy atom. The lowest BCUT2D eigenvalue weighted by molar-refractivity contribution is 0.628. The number of anilines is 1. The molecule has 0 atom stereocenters. The van der Waals surface area contributed by atoms with Crippen LogP contribution < -0.4 is 5.73 Å². The van der Waals surface area contributed by atoms with Gasteiger partial charge in [0, 0.05) is 6.07 Å². The Morgan fingerprint density at radius 3 is 2.19 bits per heavy atom. The third-order valence-electron chi connectivity index (χ3n) is 2.95. The zero-order valence-corrected chi connectivity index (χ0v) is 12.4. The third kappa shape index (κ3) is 2.31. The van der Waals surface area contributed by atoms with Gasteiger partial charge in [0.1, 0.15) is 5.82 Å². The molecule has 0 radical (unpaired) electrons. The molecular formula is C13H6Cl3F2N3. The minimum Gasteiger partial charge on any atom is -0.369 e. The van der Waals surface area contributed by atoms with E-state index in [1.54, 1.807) is 0 Å². The fourth-order valence-corrected chi connectivity index (χ4v) is 2.67. The molecule has 0 unspecified atom stereocenters. The Hall–Kier alpha value is -1.56. The van der Waals surface area contributed by atoms with Crippen molar-refractivity contribution < 1.29 is 8.78 Å². The standard InChI is InChI=1S/C13H6Cl3F2N3/c14-6-3-11-10(4-9(6)17)20-13(19)21(11)5-1-7(15)12(18)8(16)2-5/h1-4H,(H2,19,20). The number of benzene rings is 2. The van der Waals surface area contributed by atoms with Crippen molar-refractivity contribution in [3.05, 3.63) is 51.0 Å². The Labute approximate surface area is 132 Å². The Kier molecular flexibility index (Phi) is 3.43. The lowest BCUT2D eigenvalue weighted by atomic mass is 10.2. The van der Waals surface area contributed by atoms with E-state index in [0.29, 0.717) is 16.7 Å². The van der Waals surface area contributed by atoms with Crippen molar-refractivity contribution >= 4 is 51.8 Å². The predicted molar refractivity (Wildman–Crippen MR) is 80.4 cm³/mol. The minimum absolute atomic E-state index is 0.0745. The van der Waals surface area contributed by atoms with Gasteiger partial charge in [-0.05, 0) is 18.2 Å². The second kappa shape index (κ2) is 5.02. The van der Waals surface area contributed by atoms with Gasteiger partial charge in [0.25, 0.3) is 0 Å². The topological polar surface area (TPSA) is 43.8 Å². The predicted octanol–water partition coefficient (Wildman–Crippen LogP) is 4.85. The average Bonchev–Trinajstić information content (AvgIpc) is 2.71. The normalized spacial score (nSPS) is 11.3. The molecular weight excluding hydrogens is 343 g/mol. The fourth-order valence-electron chi connectivity index (χ4n) is 2.03. The van der Waals surface area contributed by atoms with Crippen molar-refractivity contribution in [3.63, 3.8) is 0 Å². The average molecular weight is 349 g/mol. The van der Waals surface area contributed by atoms with Crippen LogP contribution >= 0.6 is 34.8 Å². The highest BCUT2D eigenvalue weighted by Crippen LogP contribution is 2.32. The van der Waals surface area contributed by atoms with Crippen molar-refractivity contribution in [3.8, 4) is 5.69 Å². The first-order valence-corrected chi connectivity index (χ1v) is 6.79. The number of imidazole rings is 1. The summed E-state index contributed by atoms with van der Waals surface area (Å²) in [6.07, 6.45) is 0. The first kappa shape index (κ1) is 14.4. The van der Waals surface area contributed by atoms with Gasteiger partial charge in [-0.15, -0.1) is 0 Å². The molecule has 0 amide bonds. The molecule has 3 nitrogen and oxygen atoms in total. The van der Waals surface area contributed by atoms with Crippen LogP contribution in [0.3, 0.4) is 0 Å². The summed E-state index contributed by atoms with van der Waals surface area (Å²) in [5, 5.41) is -0.401. The molecule has 2 aromatic carbocycles. The maximum atomic E-state index is 13.5. The van der Waals surface area contributed by atoms with Gasteiger partial charge in [-0.3, -0.25) is 4.57 Å². The van der Waals surface area contributed by atoms with Gasteiger partial charge in [-0.2, -0.15) is 0 Å². The maximum absolute atomic E-state index is 13.5. The van der Waals surface area contributed by atoms with Crippen LogP contribution in [-0.4, -0.2) is 9.55 Å². The van der Waals surface area contributed by atoms with Crippen LogP contribution in [0.5, 0.6) is 0 Å². The first-order valence-electron chi connectivity index (χ1n) is 5.66. The first-order chi connectivity index (χ1) is 9.88. The van der Waals surface area contributed by atoms with Crippen LogP contribution in [-0.2, 0) is 0 Å². The van der Waals surface area contributed by atoms with E-state index in [4.69, 9.17) is 40.5 Å². The zero-order chi connectivity index (χ0) is 15.3. The highest BCUT2D eigenvalue weighted by atomic mass is 35.5. The van der Waals surface area contributed by atoms with Crippen LogP contribution in [0.1, 0.15) is 0 Å². The number of nitrogens with two attached hydrogens (primary N) is 1. The van der Waals surface area contributed by atoms with E-state index in [2.05, 4.69) is 4.98 Å². The Morgan fingerprint density at radius 1 is 0.952 bits per heavy atom. The number of nitrogens with zero attached hydrogens (tertiary/aromatic N) is 2. The monoisotopic (exact) mass is 347 g/mol. The number of aromatic nitrogens is 2. The molecule has 3 rings (SSSR count). The molecule has 0 fully saturated rings. The van der Waals surface area contributed by atoms with Crippen molar-refractivity contribution in [2.24, 2.45) is 0 Å². The summed E-state index contributed by atoms with van der Waals surface area (Å²) in [4.78, 5) is 4.04. The Balaban J connectivity index is 2.34. The van der Waals surface area contributed by atoms with Gasteiger partial charge in [0.05, 0.1) is 31.8 Å². The molecule has 1 aromatic heterocycles. The fraction of sp³-hybridized carbons (Fsp3) is 0. The summed E-state index contributed by atoms with van der Waals surface area (Å²) in [5.74, 6) is -1.26. The highest BCUT2D eigenvalue weighted by molar-refractivity contribution is 6.35. The van der Waals surface area contributed by atoms with Gasteiger partial charge in [0.2, 0.25) is 5.95 Å². The molecule has 108 valence electrons. The smallest absolute Gasteiger partial charge is 0.205 e. The summed E-state index contributed by atoms with van der Waals surface area (Å²) < 4.78 is 28.4. The van der Waals surface area contributed by atoms with E-state index >= 15 is 0 Å². The number of nitrogen functional groups attached to an aromatic ring is 1. The van der Waals surface area contributed by atoms with Crippen LogP contribution in [0.15, 0.2) is 24.3 Å². The third-order valence-corrected chi connectivity index (χ3v) is 3.79. The van der Waals surface area contributed by atoms with E-state index < -0.39 is 11.6 Å². The largest absolute Gasteiger partial charge is 0.369 e. The number of halogens is 5. The molecule has 1 heterocycles. The summed E-state index contributed by atoms with van der Waals surface area (Å²) in [6, 6.07) is 5.23. The zero-order valence-electron chi connectivity index (χ0n) is 10.2. The molecule has 8 heteroatoms. The van der Waals surface area contributed by atoms with Crippen molar-refractivity contribution in [1.29, 1.82) is 0 Å². The number of rotatable bonds is 1. The summed E-state index contributed by atoms with van der Waals surface area (Å²) in [5.41, 5.74) is 6.99. The minimum atomic E-state index is -0.728. The summed E-state index contributed by atoms with van der Waals surface area (Å²) >= 11 is 17.3. The van der Waals surface area contributed by atoms with Crippen molar-refractivity contribution in [1.82, 2.24) is 9.55 Å². The molecule has 0 spiro atoms. The van der Waals surface area contributed by atoms with E-state index in [0.717, 1.165) is 6.07 Å². The van der Waals surface area contributed by atoms with E-state index in [9.17, 15) is 8.78 Å². The second-order valence-corrected chi connectivity index (χ2v) is 5.51. The van der Waals surface area contributed by atoms with Crippen LogP contribution in [0.2, 0.25) is 15.1 Å². The van der Waals surface area contributed by atoms with Crippen molar-refractivity contribution in [2.75, 3.05) is 5.73 Å². The lowest BCUT2D eigenvalue weighted by Gasteiger charge is -2.09. The van der Waals surface area contributed by atoms with Gasteiger partial charge in [-0.25, -0.2) is 13.8 Å². The van der Waals surface area contributed by atoms with E-state index in [1.165, 1.54) is 22.8 Å². The lowest BCUT2D eigenvalue weighted by Crippen LogP contribution is -2.01. The number of fused-ring (bicyclic) bond motifs is 1. The van der Waals surface area contributed by atoms with Gasteiger partial charge in [0.15, 0.2) is 5.82 Å². The molecule has 0 aliphatic carbocycles. The quantitative estimate of drug-likeness (QED) is 0.639. The van der Waals surface area contributed by atoms with Crippen LogP contribution in [0.25, 0.3) is 16.7 Å². The molecule has 0 saturated heterocycles. The van der Waals surface area contributed by atoms with Crippen molar-refractivity contribution in [2.45, 2.75) is 0 Å². The second-order valence-electron chi connectivity index (χ2n) is 4.28. The van der Waals surface area contributed by atoms with Gasteiger partial charge >= 0.3 is 0 Å². The molecule has 0 bridgehead atoms. The van der Waals surface area contributed by atoms with Gasteiger partial charge in [-0.1, -0.05) is 34.8 Å². The van der Waals surface area contributed by atoms with E-state index in [-0.39, 0.29) is 21.0 Å². The molecule has 0 aliphatic rings. The highest BCUT2D eigenvalue weighted by Gasteiger charge is 2.16. The Bertz CT molecular complexity index is 854. The molecule has 21 heavy (non-hydrogen) atoms. The maximum Gasteiger partial charge on any atom is 0.205 e. The SMILES string of the molecule is Nc1nc2cc(F)c(Cl)cc2n1-c1cc(Cl)c(F)c(Cl)c1. The summed E-state index contributed by atoms with van der Waals surface area (Å²) in [7, 11) is 0. The number of hydrogen-bond acceptors (Lipinski definition) is 2.